The van der Waals surface area contributed by atoms with Crippen molar-refractivity contribution in [2.75, 3.05) is 0 Å². The van der Waals surface area contributed by atoms with Crippen LogP contribution < -0.4 is 6.14 Å². The molecule has 0 aliphatic rings. The Morgan fingerprint density at radius 1 is 1.09 bits per heavy atom. The van der Waals surface area contributed by atoms with Crippen LogP contribution in [0.25, 0.3) is 0 Å². The molecule has 2 radical (unpaired) electrons. The van der Waals surface area contributed by atoms with Crippen molar-refractivity contribution < 1.29 is 9.69 Å². The Bertz CT molecular complexity index is 29.3. The molecule has 76 valence electrons. The zero-order valence-electron chi connectivity index (χ0n) is 7.76. The molecule has 0 heterocycles. The standard InChI is InChI=1S/C2H2.CH3B.5CH4.H3N.H2O/c2*1-2;;;;;;;/h1-2H;1H3;5*1H4;1H3;1H2/i;;1D;;;;;;/hD2. The van der Waals surface area contributed by atoms with Gasteiger partial charge in [-0.3, -0.25) is 0 Å². The lowest BCUT2D eigenvalue weighted by Crippen LogP contribution is -1.13. The molecule has 0 atom stereocenters. The first-order valence-corrected chi connectivity index (χ1v) is 0.911. The molecule has 0 aliphatic carbocycles. The van der Waals surface area contributed by atoms with E-state index in [0.29, 0.717) is 0 Å². The topological polar surface area (TPSA) is 66.5 Å². The van der Waals surface area contributed by atoms with Crippen molar-refractivity contribution in [1.82, 2.24) is 6.14 Å². The Morgan fingerprint density at radius 3 is 1.09 bits per heavy atom. The molecule has 0 amide bonds. The summed E-state index contributed by atoms with van der Waals surface area (Å²) in [6, 6.07) is 0. The molecule has 0 rings (SSSR count). The molecule has 0 spiro atoms. The van der Waals surface area contributed by atoms with Crippen LogP contribution in [0.15, 0.2) is 0 Å². The van der Waals surface area contributed by atoms with E-state index >= 15 is 0 Å². The summed E-state index contributed by atoms with van der Waals surface area (Å²) in [5, 5.41) is 0. The van der Waals surface area contributed by atoms with Gasteiger partial charge in [0.1, 0.15) is 1.41 Å². The first kappa shape index (κ1) is 46.5. The summed E-state index contributed by atoms with van der Waals surface area (Å²) >= 11 is 0. The molecular formula is C8H30BNO. The summed E-state index contributed by atoms with van der Waals surface area (Å²) in [5.41, 5.74) is 6.25. The fraction of sp³-hybridized carbons (Fsp3) is 0.750. The third kappa shape index (κ3) is 2620. The molecule has 0 saturated carbocycles. The molecule has 0 fully saturated rings. The molecule has 0 aromatic rings. The van der Waals surface area contributed by atoms with E-state index in [9.17, 15) is 0 Å². The fourth-order valence-corrected chi connectivity index (χ4v) is 0. The molecule has 0 saturated heterocycles. The minimum Gasteiger partial charge on any atom is -0.412 e. The summed E-state index contributed by atoms with van der Waals surface area (Å²) < 4.78 is 15.8. The van der Waals surface area contributed by atoms with Crippen LogP contribution >= 0.6 is 0 Å². The van der Waals surface area contributed by atoms with Crippen LogP contribution in [0.2, 0.25) is 8.23 Å². The zero-order valence-corrected chi connectivity index (χ0v) is 4.76. The van der Waals surface area contributed by atoms with Gasteiger partial charge >= 0.3 is 0 Å². The van der Waals surface area contributed by atoms with E-state index in [0.717, 1.165) is 0 Å². The number of terminal acetylenes is 1. The van der Waals surface area contributed by atoms with Crippen LogP contribution in [0, 0.1) is 12.8 Å². The quantitative estimate of drug-likeness (QED) is 0.440. The van der Waals surface area contributed by atoms with Crippen molar-refractivity contribution in [1.29, 1.82) is 0 Å². The third-order valence-corrected chi connectivity index (χ3v) is 0. The van der Waals surface area contributed by atoms with Gasteiger partial charge < -0.3 is 11.6 Å². The number of hydrogen-bond acceptors (Lipinski definition) is 1. The Hall–Kier alpha value is -0.455. The second-order valence-electron chi connectivity index (χ2n) is 0. The van der Waals surface area contributed by atoms with E-state index in [1.165, 1.54) is 14.2 Å². The monoisotopic (exact) mass is 170 g/mol. The molecule has 3 heteroatoms. The van der Waals surface area contributed by atoms with Crippen molar-refractivity contribution in [3.8, 4) is 12.8 Å². The molecule has 2 nitrogen and oxygen atoms in total. The highest BCUT2D eigenvalue weighted by Gasteiger charge is 0.984. The summed E-state index contributed by atoms with van der Waals surface area (Å²) in [6.45, 7) is 1.50. The van der Waals surface area contributed by atoms with Gasteiger partial charge in [-0.25, -0.2) is 0 Å². The van der Waals surface area contributed by atoms with Gasteiger partial charge in [0.15, 0.2) is 0 Å². The summed E-state index contributed by atoms with van der Waals surface area (Å²) in [4.78, 5) is 0. The summed E-state index contributed by atoms with van der Waals surface area (Å²) in [7, 11) is 5.75. The maximum Gasteiger partial charge on any atom is 0.206 e. The van der Waals surface area contributed by atoms with Crippen LogP contribution in [0.3, 0.4) is 0 Å². The van der Waals surface area contributed by atoms with E-state index < -0.39 is 0 Å². The van der Waals surface area contributed by atoms with E-state index in [-0.39, 0.29) is 29.7 Å². The molecule has 0 unspecified atom stereocenters. The van der Waals surface area contributed by atoms with Crippen LogP contribution in [0.1, 0.15) is 39.9 Å². The Labute approximate surface area is 81.5 Å². The van der Waals surface area contributed by atoms with Crippen LogP contribution in [-0.2, 0) is 0 Å². The van der Waals surface area contributed by atoms with E-state index in [4.69, 9.17) is 9.69 Å². The van der Waals surface area contributed by atoms with E-state index in [1.807, 2.05) is 0 Å². The molecule has 5 N–H and O–H groups in total. The average molecular weight is 170 g/mol. The van der Waals surface area contributed by atoms with Crippen molar-refractivity contribution in [2.24, 2.45) is 0 Å². The Kier molecular flexibility index (Phi) is 14200. The van der Waals surface area contributed by atoms with Crippen molar-refractivity contribution in [3.05, 3.63) is 0 Å². The number of hydrogen-bond donors (Lipinski definition) is 1. The lowest BCUT2D eigenvalue weighted by molar-refractivity contribution is 0.824. The lowest BCUT2D eigenvalue weighted by Gasteiger charge is -1.02. The van der Waals surface area contributed by atoms with Gasteiger partial charge in [-0.2, -0.15) is 0 Å². The van der Waals surface area contributed by atoms with Gasteiger partial charge in [0.05, 0.1) is 7.85 Å². The van der Waals surface area contributed by atoms with Gasteiger partial charge in [0.25, 0.3) is 0 Å². The van der Waals surface area contributed by atoms with E-state index in [1.54, 1.807) is 0 Å². The predicted octanol–water partition coefficient (Wildman–Crippen LogP) is 2.97. The molecule has 0 aromatic heterocycles. The SMILES string of the molecule is C.C.C.C.C#C.[2H]C.[2H]N.[2H]O.[B]C. The fourth-order valence-electron chi connectivity index (χ4n) is 0. The third-order valence-electron chi connectivity index (χ3n) is 0. The van der Waals surface area contributed by atoms with Gasteiger partial charge in [-0.1, -0.05) is 43.9 Å². The van der Waals surface area contributed by atoms with Crippen LogP contribution in [0.5, 0.6) is 0 Å². The highest BCUT2D eigenvalue weighted by molar-refractivity contribution is 6.05. The summed E-state index contributed by atoms with van der Waals surface area (Å²) in [5.74, 6) is 0. The van der Waals surface area contributed by atoms with Crippen molar-refractivity contribution in [3.63, 3.8) is 0 Å². The molecule has 0 aliphatic heterocycles. The minimum absolute atomic E-state index is 0. The van der Waals surface area contributed by atoms with Crippen LogP contribution in [-0.4, -0.2) is 13.3 Å². The smallest absolute Gasteiger partial charge is 0.206 e. The normalized spacial score (nSPS) is 2.55. The predicted molar refractivity (Wildman–Crippen MR) is 63.8 cm³/mol. The van der Waals surface area contributed by atoms with E-state index in [2.05, 4.69) is 26.8 Å². The first-order chi connectivity index (χ1) is 5.00. The van der Waals surface area contributed by atoms with Gasteiger partial charge in [-0.05, 0) is 0 Å². The van der Waals surface area contributed by atoms with Gasteiger partial charge in [0.2, 0.25) is 1.43 Å². The largest absolute Gasteiger partial charge is 0.412 e. The Morgan fingerprint density at radius 2 is 1.09 bits per heavy atom. The molecule has 0 bridgehead atoms. The zero-order chi connectivity index (χ0) is 10.0. The second-order valence-corrected chi connectivity index (χ2v) is 0. The molecule has 0 aromatic carbocycles. The minimum atomic E-state index is 0. The van der Waals surface area contributed by atoms with Crippen LogP contribution in [0.4, 0.5) is 0 Å². The van der Waals surface area contributed by atoms with Crippen molar-refractivity contribution in [2.45, 2.75) is 43.9 Å². The highest BCUT2D eigenvalue weighted by Crippen LogP contribution is 0.960. The number of rotatable bonds is 0. The first-order valence-electron chi connectivity index (χ1n) is 2.94. The maximum absolute atomic E-state index is 6.25. The molecule has 11 heavy (non-hydrogen) atoms. The van der Waals surface area contributed by atoms with Gasteiger partial charge in [-0.15, -0.1) is 12.8 Å². The maximum atomic E-state index is 6.25. The lowest BCUT2D eigenvalue weighted by atomic mass is 10.2. The Balaban J connectivity index is -0.00000000298. The molecular weight excluding hydrogens is 137 g/mol. The van der Waals surface area contributed by atoms with Gasteiger partial charge in [0, 0.05) is 1.37 Å². The van der Waals surface area contributed by atoms with Crippen molar-refractivity contribution >= 4 is 7.85 Å². The second kappa shape index (κ2) is 3370. The average Bonchev–Trinajstić information content (AvgIpc) is 2.20. The summed E-state index contributed by atoms with van der Waals surface area (Å²) in [6.07, 6.45) is 11.8. The highest BCUT2D eigenvalue weighted by atomic mass is 16.0.